The second kappa shape index (κ2) is 11.0. The largest absolute Gasteiger partial charge is 0.270 e. The second-order valence-corrected chi connectivity index (χ2v) is 11.7. The summed E-state index contributed by atoms with van der Waals surface area (Å²) < 4.78 is 44.3. The van der Waals surface area contributed by atoms with Gasteiger partial charge < -0.3 is 0 Å². The second-order valence-electron chi connectivity index (χ2n) is 8.92. The number of thioether (sulfide) groups is 1. The predicted molar refractivity (Wildman–Crippen MR) is 157 cm³/mol. The van der Waals surface area contributed by atoms with Crippen LogP contribution in [0.15, 0.2) is 132 Å². The molecule has 4 aromatic carbocycles. The van der Waals surface area contributed by atoms with Crippen molar-refractivity contribution in [2.45, 2.75) is 10.1 Å². The Morgan fingerprint density at radius 1 is 0.800 bits per heavy atom. The van der Waals surface area contributed by atoms with E-state index in [1.807, 2.05) is 59.2 Å². The van der Waals surface area contributed by atoms with Gasteiger partial charge in [0.15, 0.2) is 11.0 Å². The van der Waals surface area contributed by atoms with E-state index in [1.54, 1.807) is 60.8 Å². The highest BCUT2D eigenvalue weighted by Gasteiger charge is 2.25. The lowest BCUT2D eigenvalue weighted by molar-refractivity contribution is 0.589. The van der Waals surface area contributed by atoms with Crippen LogP contribution in [0.1, 0.15) is 5.56 Å². The minimum absolute atomic E-state index is 0.184. The van der Waals surface area contributed by atoms with Crippen molar-refractivity contribution in [3.63, 3.8) is 0 Å². The number of halogens is 1. The highest BCUT2D eigenvalue weighted by Crippen LogP contribution is 2.35. The third-order valence-electron chi connectivity index (χ3n) is 6.36. The lowest BCUT2D eigenvalue weighted by atomic mass is 10.1. The summed E-state index contributed by atoms with van der Waals surface area (Å²) in [4.78, 5) is 0.184. The van der Waals surface area contributed by atoms with Crippen molar-refractivity contribution in [1.29, 1.82) is 0 Å². The van der Waals surface area contributed by atoms with Crippen molar-refractivity contribution in [1.82, 2.24) is 18.7 Å². The molecule has 0 fully saturated rings. The highest BCUT2D eigenvalue weighted by atomic mass is 32.2. The Hall–Kier alpha value is -4.47. The molecule has 6 aromatic rings. The number of para-hydroxylation sites is 1. The van der Waals surface area contributed by atoms with Gasteiger partial charge in [0.1, 0.15) is 5.82 Å². The van der Waals surface area contributed by atoms with Gasteiger partial charge in [-0.15, -0.1) is 10.2 Å². The first-order chi connectivity index (χ1) is 19.5. The Morgan fingerprint density at radius 2 is 1.48 bits per heavy atom. The minimum Gasteiger partial charge on any atom is -0.270 e. The first-order valence-corrected chi connectivity index (χ1v) is 14.9. The molecule has 0 aliphatic heterocycles. The monoisotopic (exact) mass is 566 g/mol. The third-order valence-corrected chi connectivity index (χ3v) is 8.93. The van der Waals surface area contributed by atoms with Gasteiger partial charge in [-0.2, -0.15) is 0 Å². The first-order valence-electron chi connectivity index (χ1n) is 12.5. The third kappa shape index (κ3) is 4.97. The average Bonchev–Trinajstić information content (AvgIpc) is 3.59. The smallest absolute Gasteiger partial charge is 0.268 e. The molecule has 40 heavy (non-hydrogen) atoms. The predicted octanol–water partition coefficient (Wildman–Crippen LogP) is 7.07. The van der Waals surface area contributed by atoms with Gasteiger partial charge in [-0.3, -0.25) is 4.57 Å². The molecule has 0 amide bonds. The standard InChI is InChI=1S/C31H23FN4O2S2/c32-24-17-19-25(20-18-24)36-30(33-34-31(36)39-21-9-12-23-10-3-1-4-11-23)28-22-35(29-16-8-7-15-27(28)29)40(37,38)26-13-5-2-6-14-26/h1-20,22H,21H2. The molecule has 9 heteroatoms. The van der Waals surface area contributed by atoms with Gasteiger partial charge in [-0.25, -0.2) is 16.8 Å². The van der Waals surface area contributed by atoms with Crippen LogP contribution in [0, 0.1) is 5.82 Å². The van der Waals surface area contributed by atoms with Crippen molar-refractivity contribution in [3.8, 4) is 17.1 Å². The van der Waals surface area contributed by atoms with E-state index >= 15 is 0 Å². The summed E-state index contributed by atoms with van der Waals surface area (Å²) >= 11 is 1.48. The summed E-state index contributed by atoms with van der Waals surface area (Å²) in [6, 6.07) is 31.7. The maximum Gasteiger partial charge on any atom is 0.268 e. The molecule has 2 heterocycles. The molecule has 0 spiro atoms. The fourth-order valence-corrected chi connectivity index (χ4v) is 6.62. The summed E-state index contributed by atoms with van der Waals surface area (Å²) in [6.07, 6.45) is 5.66. The van der Waals surface area contributed by atoms with Crippen LogP contribution in [0.2, 0.25) is 0 Å². The Bertz CT molecular complexity index is 1920. The van der Waals surface area contributed by atoms with E-state index in [1.165, 1.54) is 27.9 Å². The lowest BCUT2D eigenvalue weighted by Crippen LogP contribution is -2.11. The molecule has 0 saturated carbocycles. The van der Waals surface area contributed by atoms with Gasteiger partial charge in [-0.1, -0.05) is 90.6 Å². The summed E-state index contributed by atoms with van der Waals surface area (Å²) in [5.41, 5.74) is 2.88. The SMILES string of the molecule is O=S(=O)(c1ccccc1)n1cc(-c2nnc(SCC=Cc3ccccc3)n2-c2ccc(F)cc2)c2ccccc21. The summed E-state index contributed by atoms with van der Waals surface area (Å²) in [5, 5.41) is 10.3. The van der Waals surface area contributed by atoms with Crippen LogP contribution in [-0.2, 0) is 10.0 Å². The van der Waals surface area contributed by atoms with Gasteiger partial charge in [0.05, 0.1) is 10.4 Å². The Kier molecular flexibility index (Phi) is 7.06. The molecule has 0 saturated heterocycles. The fourth-order valence-electron chi connectivity index (χ4n) is 4.46. The van der Waals surface area contributed by atoms with Crippen LogP contribution in [0.4, 0.5) is 4.39 Å². The van der Waals surface area contributed by atoms with Gasteiger partial charge >= 0.3 is 0 Å². The molecular weight excluding hydrogens is 543 g/mol. The van der Waals surface area contributed by atoms with Crippen LogP contribution in [-0.4, -0.2) is 32.9 Å². The zero-order valence-corrected chi connectivity index (χ0v) is 22.8. The molecule has 0 bridgehead atoms. The Balaban J connectivity index is 1.46. The molecular formula is C31H23FN4O2S2. The van der Waals surface area contributed by atoms with Crippen molar-refractivity contribution in [2.75, 3.05) is 5.75 Å². The number of hydrogen-bond donors (Lipinski definition) is 0. The van der Waals surface area contributed by atoms with E-state index in [4.69, 9.17) is 0 Å². The maximum absolute atomic E-state index is 13.8. The van der Waals surface area contributed by atoms with Crippen molar-refractivity contribution < 1.29 is 12.8 Å². The number of benzene rings is 4. The molecule has 0 unspecified atom stereocenters. The fraction of sp³-hybridized carbons (Fsp3) is 0.0323. The van der Waals surface area contributed by atoms with Crippen LogP contribution < -0.4 is 0 Å². The van der Waals surface area contributed by atoms with Gasteiger partial charge in [0, 0.05) is 28.6 Å². The first kappa shape index (κ1) is 25.8. The van der Waals surface area contributed by atoms with E-state index < -0.39 is 10.0 Å². The van der Waals surface area contributed by atoms with E-state index in [2.05, 4.69) is 10.2 Å². The van der Waals surface area contributed by atoms with E-state index in [-0.39, 0.29) is 10.7 Å². The molecule has 0 N–H and O–H groups in total. The molecule has 198 valence electrons. The van der Waals surface area contributed by atoms with Crippen LogP contribution in [0.5, 0.6) is 0 Å². The zero-order chi connectivity index (χ0) is 27.5. The van der Waals surface area contributed by atoms with E-state index in [9.17, 15) is 12.8 Å². The number of aromatic nitrogens is 4. The molecule has 0 atom stereocenters. The summed E-state index contributed by atoms with van der Waals surface area (Å²) in [5.74, 6) is 0.724. The van der Waals surface area contributed by atoms with Crippen molar-refractivity contribution in [2.24, 2.45) is 0 Å². The number of rotatable bonds is 8. The van der Waals surface area contributed by atoms with Crippen LogP contribution in [0.3, 0.4) is 0 Å². The summed E-state index contributed by atoms with van der Waals surface area (Å²) in [6.45, 7) is 0. The molecule has 0 aliphatic rings. The van der Waals surface area contributed by atoms with Crippen LogP contribution in [0.25, 0.3) is 34.1 Å². The van der Waals surface area contributed by atoms with Crippen molar-refractivity contribution in [3.05, 3.63) is 133 Å². The Labute approximate surface area is 235 Å². The van der Waals surface area contributed by atoms with Gasteiger partial charge in [-0.05, 0) is 48.0 Å². The number of nitrogens with zero attached hydrogens (tertiary/aromatic N) is 4. The van der Waals surface area contributed by atoms with E-state index in [0.29, 0.717) is 38.9 Å². The molecule has 6 nitrogen and oxygen atoms in total. The van der Waals surface area contributed by atoms with Gasteiger partial charge in [0.2, 0.25) is 0 Å². The molecule has 6 rings (SSSR count). The van der Waals surface area contributed by atoms with Crippen molar-refractivity contribution >= 4 is 38.8 Å². The maximum atomic E-state index is 13.8. The molecule has 0 aliphatic carbocycles. The average molecular weight is 567 g/mol. The molecule has 2 aromatic heterocycles. The number of fused-ring (bicyclic) bond motifs is 1. The zero-order valence-electron chi connectivity index (χ0n) is 21.1. The van der Waals surface area contributed by atoms with Crippen LogP contribution >= 0.6 is 11.8 Å². The van der Waals surface area contributed by atoms with E-state index in [0.717, 1.165) is 5.56 Å². The Morgan fingerprint density at radius 3 is 2.23 bits per heavy atom. The number of hydrogen-bond acceptors (Lipinski definition) is 5. The van der Waals surface area contributed by atoms with Gasteiger partial charge in [0.25, 0.3) is 10.0 Å². The summed E-state index contributed by atoms with van der Waals surface area (Å²) in [7, 11) is -3.88. The topological polar surface area (TPSA) is 69.8 Å². The molecule has 0 radical (unpaired) electrons. The minimum atomic E-state index is -3.88. The lowest BCUT2D eigenvalue weighted by Gasteiger charge is -2.09. The normalized spacial score (nSPS) is 11.9. The highest BCUT2D eigenvalue weighted by molar-refractivity contribution is 7.99. The quantitative estimate of drug-likeness (QED) is 0.184.